The van der Waals surface area contributed by atoms with Crippen LogP contribution in [0.4, 0.5) is 5.69 Å². The maximum absolute atomic E-state index is 12.6. The van der Waals surface area contributed by atoms with Gasteiger partial charge in [0, 0.05) is 11.3 Å². The number of methoxy groups -OCH3 is 1. The monoisotopic (exact) mass is 405 g/mol. The molecule has 156 valence electrons. The first-order valence-corrected chi connectivity index (χ1v) is 10.1. The predicted octanol–water partition coefficient (Wildman–Crippen LogP) is 6.23. The number of hydrogen-bond donors (Lipinski definition) is 1. The summed E-state index contributed by atoms with van der Waals surface area (Å²) in [5.74, 6) is 2.43. The predicted molar refractivity (Wildman–Crippen MR) is 119 cm³/mol. The Balaban J connectivity index is 1.63. The largest absolute Gasteiger partial charge is 0.493 e. The van der Waals surface area contributed by atoms with E-state index in [2.05, 4.69) is 12.2 Å². The van der Waals surface area contributed by atoms with Crippen LogP contribution in [0.15, 0.2) is 66.7 Å². The molecule has 30 heavy (non-hydrogen) atoms. The van der Waals surface area contributed by atoms with E-state index in [1.54, 1.807) is 37.4 Å². The molecule has 0 radical (unpaired) electrons. The Kier molecular flexibility index (Phi) is 7.33. The van der Waals surface area contributed by atoms with E-state index in [1.165, 1.54) is 5.56 Å². The second-order valence-corrected chi connectivity index (χ2v) is 6.96. The molecule has 0 aliphatic heterocycles. The minimum Gasteiger partial charge on any atom is -0.493 e. The lowest BCUT2D eigenvalue weighted by Gasteiger charge is -2.12. The highest BCUT2D eigenvalue weighted by molar-refractivity contribution is 6.04. The quantitative estimate of drug-likeness (QED) is 0.429. The van der Waals surface area contributed by atoms with Crippen molar-refractivity contribution in [3.05, 3.63) is 77.9 Å². The lowest BCUT2D eigenvalue weighted by molar-refractivity contribution is 0.102. The Morgan fingerprint density at radius 2 is 1.57 bits per heavy atom. The molecular weight excluding hydrogens is 378 g/mol. The topological polar surface area (TPSA) is 56.8 Å². The summed E-state index contributed by atoms with van der Waals surface area (Å²) in [6.07, 6.45) is 2.02. The highest BCUT2D eigenvalue weighted by atomic mass is 16.5. The Morgan fingerprint density at radius 3 is 2.20 bits per heavy atom. The lowest BCUT2D eigenvalue weighted by atomic mass is 10.1. The van der Waals surface area contributed by atoms with Crippen LogP contribution in [0.2, 0.25) is 0 Å². The summed E-state index contributed by atoms with van der Waals surface area (Å²) in [7, 11) is 1.57. The maximum atomic E-state index is 12.6. The number of rotatable bonds is 9. The molecule has 3 aromatic rings. The summed E-state index contributed by atoms with van der Waals surface area (Å²) < 4.78 is 16.9. The van der Waals surface area contributed by atoms with E-state index in [4.69, 9.17) is 14.2 Å². The van der Waals surface area contributed by atoms with Gasteiger partial charge in [0.05, 0.1) is 13.7 Å². The van der Waals surface area contributed by atoms with Crippen LogP contribution in [0.3, 0.4) is 0 Å². The van der Waals surface area contributed by atoms with Crippen molar-refractivity contribution in [2.45, 2.75) is 26.7 Å². The fourth-order valence-corrected chi connectivity index (χ4v) is 2.81. The van der Waals surface area contributed by atoms with Gasteiger partial charge < -0.3 is 19.5 Å². The molecule has 0 bridgehead atoms. The molecule has 0 spiro atoms. The third-order valence-electron chi connectivity index (χ3n) is 4.55. The average molecular weight is 405 g/mol. The Hall–Kier alpha value is -3.47. The van der Waals surface area contributed by atoms with Gasteiger partial charge in [-0.2, -0.15) is 0 Å². The molecule has 0 fully saturated rings. The van der Waals surface area contributed by atoms with Gasteiger partial charge in [-0.05, 0) is 67.9 Å². The molecule has 0 aromatic heterocycles. The number of unbranched alkanes of at least 4 members (excludes halogenated alkanes) is 1. The zero-order valence-corrected chi connectivity index (χ0v) is 17.6. The van der Waals surface area contributed by atoms with Crippen LogP contribution >= 0.6 is 0 Å². The van der Waals surface area contributed by atoms with E-state index in [1.807, 2.05) is 43.3 Å². The average Bonchev–Trinajstić information content (AvgIpc) is 2.77. The summed E-state index contributed by atoms with van der Waals surface area (Å²) in [6, 6.07) is 20.3. The van der Waals surface area contributed by atoms with Crippen LogP contribution < -0.4 is 19.5 Å². The second-order valence-electron chi connectivity index (χ2n) is 6.96. The van der Waals surface area contributed by atoms with Gasteiger partial charge in [0.25, 0.3) is 5.91 Å². The van der Waals surface area contributed by atoms with E-state index in [0.717, 1.165) is 18.6 Å². The first kappa shape index (κ1) is 21.2. The summed E-state index contributed by atoms with van der Waals surface area (Å²) in [6.45, 7) is 4.76. The van der Waals surface area contributed by atoms with Crippen molar-refractivity contribution in [2.75, 3.05) is 19.0 Å². The number of amides is 1. The Morgan fingerprint density at radius 1 is 0.900 bits per heavy atom. The number of hydrogen-bond acceptors (Lipinski definition) is 4. The molecule has 0 saturated carbocycles. The molecule has 0 unspecified atom stereocenters. The van der Waals surface area contributed by atoms with Gasteiger partial charge in [-0.1, -0.05) is 31.0 Å². The normalized spacial score (nSPS) is 10.4. The van der Waals surface area contributed by atoms with E-state index >= 15 is 0 Å². The van der Waals surface area contributed by atoms with Crippen molar-refractivity contribution < 1.29 is 19.0 Å². The SMILES string of the molecule is CCCCOc1ccc(C(=O)Nc2ccc(Oc3ccc(C)cc3)cc2)cc1OC. The molecular formula is C25H27NO4. The Bertz CT molecular complexity index is 965. The number of carbonyl (C=O) groups excluding carboxylic acids is 1. The van der Waals surface area contributed by atoms with Gasteiger partial charge in [-0.25, -0.2) is 0 Å². The van der Waals surface area contributed by atoms with Gasteiger partial charge in [-0.15, -0.1) is 0 Å². The maximum Gasteiger partial charge on any atom is 0.255 e. The number of nitrogens with one attached hydrogen (secondary N) is 1. The summed E-state index contributed by atoms with van der Waals surface area (Å²) >= 11 is 0. The lowest BCUT2D eigenvalue weighted by Crippen LogP contribution is -2.12. The molecule has 0 aliphatic rings. The molecule has 3 rings (SSSR count). The number of aryl methyl sites for hydroxylation is 1. The van der Waals surface area contributed by atoms with E-state index in [-0.39, 0.29) is 5.91 Å². The fraction of sp³-hybridized carbons (Fsp3) is 0.240. The summed E-state index contributed by atoms with van der Waals surface area (Å²) in [5.41, 5.74) is 2.35. The fourth-order valence-electron chi connectivity index (χ4n) is 2.81. The minimum atomic E-state index is -0.222. The Labute approximate surface area is 177 Å². The first-order valence-electron chi connectivity index (χ1n) is 10.1. The van der Waals surface area contributed by atoms with Gasteiger partial charge in [-0.3, -0.25) is 4.79 Å². The van der Waals surface area contributed by atoms with Crippen molar-refractivity contribution in [3.8, 4) is 23.0 Å². The van der Waals surface area contributed by atoms with Crippen molar-refractivity contribution in [1.82, 2.24) is 0 Å². The molecule has 1 N–H and O–H groups in total. The highest BCUT2D eigenvalue weighted by Gasteiger charge is 2.12. The van der Waals surface area contributed by atoms with Crippen molar-refractivity contribution >= 4 is 11.6 Å². The first-order chi connectivity index (χ1) is 14.6. The molecule has 1 amide bonds. The molecule has 3 aromatic carbocycles. The van der Waals surface area contributed by atoms with Gasteiger partial charge in [0.2, 0.25) is 0 Å². The van der Waals surface area contributed by atoms with Gasteiger partial charge in [0.1, 0.15) is 11.5 Å². The highest BCUT2D eigenvalue weighted by Crippen LogP contribution is 2.29. The zero-order chi connectivity index (χ0) is 21.3. The third-order valence-corrected chi connectivity index (χ3v) is 4.55. The van der Waals surface area contributed by atoms with Crippen LogP contribution in [0.25, 0.3) is 0 Å². The molecule has 5 heteroatoms. The van der Waals surface area contributed by atoms with Crippen LogP contribution in [-0.4, -0.2) is 19.6 Å². The van der Waals surface area contributed by atoms with Crippen molar-refractivity contribution in [3.63, 3.8) is 0 Å². The smallest absolute Gasteiger partial charge is 0.255 e. The number of benzene rings is 3. The summed E-state index contributed by atoms with van der Waals surface area (Å²) in [5, 5.41) is 2.89. The molecule has 0 aliphatic carbocycles. The van der Waals surface area contributed by atoms with Crippen LogP contribution in [0, 0.1) is 6.92 Å². The summed E-state index contributed by atoms with van der Waals surface area (Å²) in [4.78, 5) is 12.6. The minimum absolute atomic E-state index is 0.222. The van der Waals surface area contributed by atoms with E-state index in [0.29, 0.717) is 35.1 Å². The van der Waals surface area contributed by atoms with Crippen LogP contribution in [0.1, 0.15) is 35.7 Å². The van der Waals surface area contributed by atoms with Crippen LogP contribution in [-0.2, 0) is 0 Å². The third kappa shape index (κ3) is 5.77. The van der Waals surface area contributed by atoms with Gasteiger partial charge in [0.15, 0.2) is 11.5 Å². The van der Waals surface area contributed by atoms with Crippen molar-refractivity contribution in [2.24, 2.45) is 0 Å². The molecule has 0 heterocycles. The standard InChI is InChI=1S/C25H27NO4/c1-4-5-16-29-23-15-8-19(17-24(23)28-3)25(27)26-20-9-13-22(14-10-20)30-21-11-6-18(2)7-12-21/h6-15,17H,4-5,16H2,1-3H3,(H,26,27). The van der Waals surface area contributed by atoms with Crippen molar-refractivity contribution in [1.29, 1.82) is 0 Å². The zero-order valence-electron chi connectivity index (χ0n) is 17.6. The number of anilines is 1. The van der Waals surface area contributed by atoms with E-state index in [9.17, 15) is 4.79 Å². The molecule has 5 nitrogen and oxygen atoms in total. The number of ether oxygens (including phenoxy) is 3. The van der Waals surface area contributed by atoms with Gasteiger partial charge >= 0.3 is 0 Å². The molecule has 0 atom stereocenters. The van der Waals surface area contributed by atoms with E-state index < -0.39 is 0 Å². The number of carbonyl (C=O) groups is 1. The molecule has 0 saturated heterocycles. The second kappa shape index (κ2) is 10.3. The van der Waals surface area contributed by atoms with Crippen LogP contribution in [0.5, 0.6) is 23.0 Å².